The minimum atomic E-state index is -0.396. The number of rotatable bonds is 6. The van der Waals surface area contributed by atoms with Gasteiger partial charge in [-0.25, -0.2) is 4.39 Å². The number of fused-ring (bicyclic) bond motifs is 1. The second-order valence-electron chi connectivity index (χ2n) is 5.54. The van der Waals surface area contributed by atoms with Crippen LogP contribution in [0.3, 0.4) is 0 Å². The molecule has 0 fully saturated rings. The lowest BCUT2D eigenvalue weighted by molar-refractivity contribution is -0.129. The molecule has 25 heavy (non-hydrogen) atoms. The summed E-state index contributed by atoms with van der Waals surface area (Å²) >= 11 is 0. The molecule has 0 unspecified atom stereocenters. The topological polar surface area (TPSA) is 76.7 Å². The van der Waals surface area contributed by atoms with Crippen LogP contribution in [0.4, 0.5) is 4.39 Å². The van der Waals surface area contributed by atoms with Gasteiger partial charge in [-0.2, -0.15) is 0 Å². The molecule has 1 heterocycles. The first-order valence-electron chi connectivity index (χ1n) is 7.76. The zero-order valence-electron chi connectivity index (χ0n) is 13.4. The van der Waals surface area contributed by atoms with Gasteiger partial charge in [-0.3, -0.25) is 9.59 Å². The number of benzene rings is 2. The summed E-state index contributed by atoms with van der Waals surface area (Å²) < 4.78 is 23.3. The highest BCUT2D eigenvalue weighted by Gasteiger charge is 2.14. The van der Waals surface area contributed by atoms with Crippen LogP contribution in [-0.2, 0) is 22.7 Å². The molecule has 0 saturated carbocycles. The maximum atomic E-state index is 12.8. The van der Waals surface area contributed by atoms with E-state index in [1.54, 1.807) is 24.3 Å². The van der Waals surface area contributed by atoms with Crippen molar-refractivity contribution in [2.45, 2.75) is 19.5 Å². The van der Waals surface area contributed by atoms with E-state index in [0.717, 1.165) is 11.1 Å². The van der Waals surface area contributed by atoms with E-state index in [1.807, 2.05) is 6.07 Å². The number of halogens is 1. The van der Waals surface area contributed by atoms with Crippen LogP contribution in [0.1, 0.15) is 17.5 Å². The van der Waals surface area contributed by atoms with Crippen LogP contribution in [0.25, 0.3) is 0 Å². The van der Waals surface area contributed by atoms with Gasteiger partial charge in [0.25, 0.3) is 0 Å². The van der Waals surface area contributed by atoms with Crippen LogP contribution in [0.5, 0.6) is 11.5 Å². The molecule has 130 valence electrons. The van der Waals surface area contributed by atoms with Crippen LogP contribution in [0.15, 0.2) is 42.5 Å². The van der Waals surface area contributed by atoms with Gasteiger partial charge in [0.15, 0.2) is 11.5 Å². The zero-order chi connectivity index (χ0) is 17.6. The summed E-state index contributed by atoms with van der Waals surface area (Å²) in [6.07, 6.45) is -0.272. The van der Waals surface area contributed by atoms with Crippen molar-refractivity contribution in [1.29, 1.82) is 0 Å². The number of nitrogens with one attached hydrogen (secondary N) is 2. The van der Waals surface area contributed by atoms with Gasteiger partial charge in [0.2, 0.25) is 18.6 Å². The fourth-order valence-corrected chi connectivity index (χ4v) is 2.33. The van der Waals surface area contributed by atoms with Crippen LogP contribution in [0, 0.1) is 5.82 Å². The molecule has 1 aliphatic rings. The highest BCUT2D eigenvalue weighted by Crippen LogP contribution is 2.32. The quantitative estimate of drug-likeness (QED) is 0.785. The van der Waals surface area contributed by atoms with Crippen molar-refractivity contribution in [3.8, 4) is 11.5 Å². The van der Waals surface area contributed by atoms with Gasteiger partial charge in [-0.05, 0) is 35.4 Å². The van der Waals surface area contributed by atoms with E-state index >= 15 is 0 Å². The summed E-state index contributed by atoms with van der Waals surface area (Å²) in [7, 11) is 0. The summed E-state index contributed by atoms with van der Waals surface area (Å²) in [5, 5.41) is 5.30. The van der Waals surface area contributed by atoms with Gasteiger partial charge in [0.1, 0.15) is 12.2 Å². The van der Waals surface area contributed by atoms with E-state index in [1.165, 1.54) is 12.1 Å². The maximum Gasteiger partial charge on any atom is 0.231 e. The molecule has 0 radical (unpaired) electrons. The Kier molecular flexibility index (Phi) is 5.13. The molecule has 0 atom stereocenters. The van der Waals surface area contributed by atoms with Gasteiger partial charge in [0, 0.05) is 13.1 Å². The predicted molar refractivity (Wildman–Crippen MR) is 87.3 cm³/mol. The Morgan fingerprint density at radius 3 is 2.20 bits per heavy atom. The smallest absolute Gasteiger partial charge is 0.231 e. The SMILES string of the molecule is O=C(CC(=O)NCc1ccc2c(c1)OCO2)NCc1ccc(F)cc1. The second-order valence-corrected chi connectivity index (χ2v) is 5.54. The van der Waals surface area contributed by atoms with Gasteiger partial charge >= 0.3 is 0 Å². The molecular weight excluding hydrogens is 327 g/mol. The van der Waals surface area contributed by atoms with Gasteiger partial charge in [-0.15, -0.1) is 0 Å². The van der Waals surface area contributed by atoms with Crippen LogP contribution >= 0.6 is 0 Å². The van der Waals surface area contributed by atoms with Crippen molar-refractivity contribution in [2.24, 2.45) is 0 Å². The van der Waals surface area contributed by atoms with E-state index in [2.05, 4.69) is 10.6 Å². The van der Waals surface area contributed by atoms with Crippen molar-refractivity contribution in [1.82, 2.24) is 10.6 Å². The molecule has 7 heteroatoms. The Labute approximate surface area is 143 Å². The molecule has 2 amide bonds. The maximum absolute atomic E-state index is 12.8. The first-order chi connectivity index (χ1) is 12.1. The molecule has 0 saturated heterocycles. The molecule has 2 N–H and O–H groups in total. The fraction of sp³-hybridized carbons (Fsp3) is 0.222. The fourth-order valence-electron chi connectivity index (χ4n) is 2.33. The van der Waals surface area contributed by atoms with Crippen LogP contribution < -0.4 is 20.1 Å². The Hall–Kier alpha value is -3.09. The molecule has 2 aromatic rings. The zero-order valence-corrected chi connectivity index (χ0v) is 13.4. The number of hydrogen-bond donors (Lipinski definition) is 2. The highest BCUT2D eigenvalue weighted by atomic mass is 19.1. The molecule has 0 aromatic heterocycles. The second kappa shape index (κ2) is 7.65. The Morgan fingerprint density at radius 2 is 1.48 bits per heavy atom. The normalized spacial score (nSPS) is 11.9. The summed E-state index contributed by atoms with van der Waals surface area (Å²) in [4.78, 5) is 23.6. The standard InChI is InChI=1S/C18H17FN2O4/c19-14-4-1-12(2-5-14)9-20-17(22)8-18(23)21-10-13-3-6-15-16(7-13)25-11-24-15/h1-7H,8-11H2,(H,20,22)(H,21,23). The first-order valence-corrected chi connectivity index (χ1v) is 7.76. The lowest BCUT2D eigenvalue weighted by Crippen LogP contribution is -2.31. The van der Waals surface area contributed by atoms with E-state index in [9.17, 15) is 14.0 Å². The predicted octanol–water partition coefficient (Wildman–Crippen LogP) is 1.88. The van der Waals surface area contributed by atoms with E-state index < -0.39 is 5.91 Å². The first kappa shape index (κ1) is 16.8. The summed E-state index contributed by atoms with van der Waals surface area (Å²) in [5.41, 5.74) is 1.61. The molecule has 2 aromatic carbocycles. The van der Waals surface area contributed by atoms with Gasteiger partial charge in [0.05, 0.1) is 0 Å². The minimum absolute atomic E-state index is 0.194. The monoisotopic (exact) mass is 344 g/mol. The lowest BCUT2D eigenvalue weighted by Gasteiger charge is -2.07. The van der Waals surface area contributed by atoms with Crippen molar-refractivity contribution < 1.29 is 23.5 Å². The molecule has 6 nitrogen and oxygen atoms in total. The number of carbonyl (C=O) groups excluding carboxylic acids is 2. The van der Waals surface area contributed by atoms with E-state index in [-0.39, 0.29) is 31.5 Å². The van der Waals surface area contributed by atoms with Crippen molar-refractivity contribution in [2.75, 3.05) is 6.79 Å². The molecule has 0 aliphatic carbocycles. The lowest BCUT2D eigenvalue weighted by atomic mass is 10.2. The van der Waals surface area contributed by atoms with E-state index in [0.29, 0.717) is 18.0 Å². The number of ether oxygens (including phenoxy) is 2. The summed E-state index contributed by atoms with van der Waals surface area (Å²) in [6.45, 7) is 0.731. The number of hydrogen-bond acceptors (Lipinski definition) is 4. The third-order valence-corrected chi connectivity index (χ3v) is 3.65. The van der Waals surface area contributed by atoms with E-state index in [4.69, 9.17) is 9.47 Å². The third-order valence-electron chi connectivity index (χ3n) is 3.65. The molecule has 0 bridgehead atoms. The molecular formula is C18H17FN2O4. The van der Waals surface area contributed by atoms with Crippen molar-refractivity contribution in [3.63, 3.8) is 0 Å². The summed E-state index contributed by atoms with van der Waals surface area (Å²) in [5.74, 6) is 0.207. The molecule has 0 spiro atoms. The molecule has 3 rings (SSSR count). The van der Waals surface area contributed by atoms with Gasteiger partial charge < -0.3 is 20.1 Å². The van der Waals surface area contributed by atoms with Gasteiger partial charge in [-0.1, -0.05) is 18.2 Å². The Bertz CT molecular complexity index is 777. The van der Waals surface area contributed by atoms with Crippen LogP contribution in [0.2, 0.25) is 0 Å². The van der Waals surface area contributed by atoms with Crippen molar-refractivity contribution in [3.05, 3.63) is 59.4 Å². The minimum Gasteiger partial charge on any atom is -0.454 e. The molecule has 1 aliphatic heterocycles. The van der Waals surface area contributed by atoms with Crippen LogP contribution in [-0.4, -0.2) is 18.6 Å². The Balaban J connectivity index is 1.41. The average molecular weight is 344 g/mol. The summed E-state index contributed by atoms with van der Waals surface area (Å²) in [6, 6.07) is 11.2. The largest absolute Gasteiger partial charge is 0.454 e. The number of amides is 2. The number of carbonyl (C=O) groups is 2. The van der Waals surface area contributed by atoms with Crippen molar-refractivity contribution >= 4 is 11.8 Å². The average Bonchev–Trinajstić information content (AvgIpc) is 3.07. The Morgan fingerprint density at radius 1 is 0.880 bits per heavy atom. The highest BCUT2D eigenvalue weighted by molar-refractivity contribution is 5.96. The third kappa shape index (κ3) is 4.69.